The van der Waals surface area contributed by atoms with Crippen LogP contribution in [0.5, 0.6) is 0 Å². The fourth-order valence-electron chi connectivity index (χ4n) is 2.70. The zero-order valence-electron chi connectivity index (χ0n) is 14.7. The summed E-state index contributed by atoms with van der Waals surface area (Å²) in [6, 6.07) is 18.5. The molecule has 2 aromatic carbocycles. The van der Waals surface area contributed by atoms with Crippen LogP contribution in [0, 0.1) is 0 Å². The number of carboxylic acid groups (broad SMARTS) is 1. The number of hydrogen-bond donors (Lipinski definition) is 3. The number of thioether (sulfide) groups is 1. The fraction of sp³-hybridized carbons (Fsp3) is 0.300. The molecule has 5 nitrogen and oxygen atoms in total. The van der Waals surface area contributed by atoms with Crippen LogP contribution >= 0.6 is 11.8 Å². The van der Waals surface area contributed by atoms with E-state index in [9.17, 15) is 14.7 Å². The SMILES string of the molecule is CSCCC(NC(=O)NCC(c1ccccc1)c1ccccc1)C(=O)O. The van der Waals surface area contributed by atoms with Crippen LogP contribution in [0.2, 0.25) is 0 Å². The molecule has 0 bridgehead atoms. The van der Waals surface area contributed by atoms with E-state index in [4.69, 9.17) is 0 Å². The van der Waals surface area contributed by atoms with E-state index < -0.39 is 18.0 Å². The summed E-state index contributed by atoms with van der Waals surface area (Å²) in [7, 11) is 0. The molecule has 0 aliphatic rings. The summed E-state index contributed by atoms with van der Waals surface area (Å²) in [6.45, 7) is 0.384. The molecule has 1 atom stereocenters. The van der Waals surface area contributed by atoms with Crippen LogP contribution in [0.3, 0.4) is 0 Å². The van der Waals surface area contributed by atoms with Crippen LogP contribution in [0.25, 0.3) is 0 Å². The van der Waals surface area contributed by atoms with Crippen LogP contribution in [-0.4, -0.2) is 41.7 Å². The van der Waals surface area contributed by atoms with Crippen molar-refractivity contribution in [1.29, 1.82) is 0 Å². The van der Waals surface area contributed by atoms with Gasteiger partial charge in [-0.25, -0.2) is 9.59 Å². The van der Waals surface area contributed by atoms with Crippen molar-refractivity contribution in [3.05, 3.63) is 71.8 Å². The lowest BCUT2D eigenvalue weighted by Crippen LogP contribution is -2.47. The average Bonchev–Trinajstić information content (AvgIpc) is 2.66. The van der Waals surface area contributed by atoms with Gasteiger partial charge in [-0.15, -0.1) is 0 Å². The highest BCUT2D eigenvalue weighted by molar-refractivity contribution is 7.98. The number of nitrogens with one attached hydrogen (secondary N) is 2. The minimum absolute atomic E-state index is 0.00220. The van der Waals surface area contributed by atoms with Gasteiger partial charge in [-0.1, -0.05) is 60.7 Å². The Labute approximate surface area is 158 Å². The second-order valence-corrected chi connectivity index (χ2v) is 6.89. The van der Waals surface area contributed by atoms with Gasteiger partial charge >= 0.3 is 12.0 Å². The van der Waals surface area contributed by atoms with E-state index in [1.807, 2.05) is 66.9 Å². The third-order valence-electron chi connectivity index (χ3n) is 4.08. The molecule has 2 aromatic rings. The number of carboxylic acids is 1. The molecule has 0 spiro atoms. The Balaban J connectivity index is 2.03. The maximum absolute atomic E-state index is 12.2. The molecule has 0 aliphatic carbocycles. The topological polar surface area (TPSA) is 78.4 Å². The quantitative estimate of drug-likeness (QED) is 0.631. The van der Waals surface area contributed by atoms with Crippen LogP contribution < -0.4 is 10.6 Å². The molecule has 3 N–H and O–H groups in total. The molecule has 0 saturated carbocycles. The Hall–Kier alpha value is -2.47. The van der Waals surface area contributed by atoms with Gasteiger partial charge in [0, 0.05) is 12.5 Å². The van der Waals surface area contributed by atoms with E-state index in [1.165, 1.54) is 0 Å². The number of urea groups is 1. The summed E-state index contributed by atoms with van der Waals surface area (Å²) in [4.78, 5) is 23.5. The van der Waals surface area contributed by atoms with Crippen molar-refractivity contribution < 1.29 is 14.7 Å². The highest BCUT2D eigenvalue weighted by atomic mass is 32.2. The van der Waals surface area contributed by atoms with Gasteiger partial charge in [0.25, 0.3) is 0 Å². The molecule has 0 fully saturated rings. The first-order valence-electron chi connectivity index (χ1n) is 8.47. The summed E-state index contributed by atoms with van der Waals surface area (Å²) in [5.74, 6) is -0.344. The summed E-state index contributed by atoms with van der Waals surface area (Å²) in [5.41, 5.74) is 2.19. The molecule has 1 unspecified atom stereocenters. The Kier molecular flexibility index (Phi) is 8.02. The number of rotatable bonds is 9. The molecule has 0 radical (unpaired) electrons. The zero-order valence-corrected chi connectivity index (χ0v) is 15.5. The van der Waals surface area contributed by atoms with Gasteiger partial charge in [-0.3, -0.25) is 0 Å². The highest BCUT2D eigenvalue weighted by Crippen LogP contribution is 2.23. The van der Waals surface area contributed by atoms with E-state index in [0.29, 0.717) is 18.7 Å². The van der Waals surface area contributed by atoms with Gasteiger partial charge in [0.1, 0.15) is 6.04 Å². The minimum Gasteiger partial charge on any atom is -0.480 e. The first kappa shape index (κ1) is 19.8. The lowest BCUT2D eigenvalue weighted by Gasteiger charge is -2.20. The van der Waals surface area contributed by atoms with Crippen LogP contribution in [0.15, 0.2) is 60.7 Å². The molecule has 0 aliphatic heterocycles. The molecule has 6 heteroatoms. The lowest BCUT2D eigenvalue weighted by atomic mass is 9.91. The van der Waals surface area contributed by atoms with Crippen molar-refractivity contribution in [2.45, 2.75) is 18.4 Å². The maximum atomic E-state index is 12.2. The van der Waals surface area contributed by atoms with Crippen LogP contribution in [0.4, 0.5) is 4.79 Å². The van der Waals surface area contributed by atoms with Crippen LogP contribution in [0.1, 0.15) is 23.5 Å². The van der Waals surface area contributed by atoms with Gasteiger partial charge < -0.3 is 15.7 Å². The second-order valence-electron chi connectivity index (χ2n) is 5.90. The van der Waals surface area contributed by atoms with Gasteiger partial charge in [0.05, 0.1) is 0 Å². The van der Waals surface area contributed by atoms with Gasteiger partial charge in [-0.05, 0) is 29.6 Å². The third-order valence-corrected chi connectivity index (χ3v) is 4.73. The summed E-state index contributed by atoms with van der Waals surface area (Å²) in [6.07, 6.45) is 2.30. The van der Waals surface area contributed by atoms with E-state index in [1.54, 1.807) is 11.8 Å². The molecule has 2 rings (SSSR count). The molecule has 0 saturated heterocycles. The first-order chi connectivity index (χ1) is 12.6. The normalized spacial score (nSPS) is 11.8. The smallest absolute Gasteiger partial charge is 0.326 e. The van der Waals surface area contributed by atoms with Gasteiger partial charge in [0.15, 0.2) is 0 Å². The Morgan fingerprint density at radius 2 is 1.54 bits per heavy atom. The molecule has 0 heterocycles. The number of aliphatic carboxylic acids is 1. The van der Waals surface area contributed by atoms with Crippen molar-refractivity contribution in [1.82, 2.24) is 10.6 Å². The number of benzene rings is 2. The van der Waals surface area contributed by atoms with E-state index in [-0.39, 0.29) is 5.92 Å². The largest absolute Gasteiger partial charge is 0.480 e. The van der Waals surface area contributed by atoms with Crippen molar-refractivity contribution in [3.8, 4) is 0 Å². The standard InChI is InChI=1S/C20H24N2O3S/c1-26-13-12-18(19(23)24)22-20(25)21-14-17(15-8-4-2-5-9-15)16-10-6-3-7-11-16/h2-11,17-18H,12-14H2,1H3,(H,23,24)(H2,21,22,25). The minimum atomic E-state index is -1.02. The molecule has 2 amide bonds. The Morgan fingerprint density at radius 1 is 1.00 bits per heavy atom. The molecule has 138 valence electrons. The monoisotopic (exact) mass is 372 g/mol. The van der Waals surface area contributed by atoms with E-state index in [0.717, 1.165) is 11.1 Å². The van der Waals surface area contributed by atoms with Crippen molar-refractivity contribution in [2.75, 3.05) is 18.6 Å². The van der Waals surface area contributed by atoms with Crippen LogP contribution in [-0.2, 0) is 4.79 Å². The Morgan fingerprint density at radius 3 is 2.00 bits per heavy atom. The first-order valence-corrected chi connectivity index (χ1v) is 9.87. The van der Waals surface area contributed by atoms with Crippen molar-refractivity contribution in [3.63, 3.8) is 0 Å². The van der Waals surface area contributed by atoms with Crippen molar-refractivity contribution in [2.24, 2.45) is 0 Å². The summed E-state index contributed by atoms with van der Waals surface area (Å²) >= 11 is 1.55. The third kappa shape index (κ3) is 6.11. The lowest BCUT2D eigenvalue weighted by molar-refractivity contribution is -0.139. The molecular formula is C20H24N2O3S. The highest BCUT2D eigenvalue weighted by Gasteiger charge is 2.20. The zero-order chi connectivity index (χ0) is 18.8. The Bertz CT molecular complexity index is 655. The maximum Gasteiger partial charge on any atom is 0.326 e. The number of amides is 2. The molecule has 0 aromatic heterocycles. The van der Waals surface area contributed by atoms with E-state index in [2.05, 4.69) is 10.6 Å². The van der Waals surface area contributed by atoms with E-state index >= 15 is 0 Å². The summed E-state index contributed by atoms with van der Waals surface area (Å²) < 4.78 is 0. The second kappa shape index (κ2) is 10.5. The van der Waals surface area contributed by atoms with Gasteiger partial charge in [0.2, 0.25) is 0 Å². The molecule has 26 heavy (non-hydrogen) atoms. The predicted molar refractivity (Wildman–Crippen MR) is 106 cm³/mol. The molecular weight excluding hydrogens is 348 g/mol. The number of carbonyl (C=O) groups is 2. The van der Waals surface area contributed by atoms with Gasteiger partial charge in [-0.2, -0.15) is 11.8 Å². The predicted octanol–water partition coefficient (Wildman–Crippen LogP) is 3.32. The number of carbonyl (C=O) groups excluding carboxylic acids is 1. The van der Waals surface area contributed by atoms with Crippen molar-refractivity contribution >= 4 is 23.8 Å². The average molecular weight is 372 g/mol. The number of hydrogen-bond acceptors (Lipinski definition) is 3. The fourth-order valence-corrected chi connectivity index (χ4v) is 3.17. The summed E-state index contributed by atoms with van der Waals surface area (Å²) in [5, 5.41) is 14.6.